The van der Waals surface area contributed by atoms with Crippen molar-refractivity contribution < 1.29 is 18.0 Å². The van der Waals surface area contributed by atoms with E-state index in [1.807, 2.05) is 24.3 Å². The first-order valence-electron chi connectivity index (χ1n) is 11.1. The van der Waals surface area contributed by atoms with Crippen LogP contribution in [0.2, 0.25) is 5.15 Å². The van der Waals surface area contributed by atoms with Gasteiger partial charge in [0.2, 0.25) is 5.71 Å². The number of hydrogen-bond donors (Lipinski definition) is 0. The van der Waals surface area contributed by atoms with Crippen molar-refractivity contribution in [3.63, 3.8) is 0 Å². The number of aromatic nitrogens is 3. The first kappa shape index (κ1) is 20.9. The maximum absolute atomic E-state index is 15.1. The van der Waals surface area contributed by atoms with Crippen LogP contribution < -0.4 is 10.4 Å². The number of pyridine rings is 2. The van der Waals surface area contributed by atoms with Crippen molar-refractivity contribution in [2.75, 3.05) is 7.11 Å². The Hall–Kier alpha value is -4.43. The summed E-state index contributed by atoms with van der Waals surface area (Å²) in [5.41, 5.74) is 2.00. The van der Waals surface area contributed by atoms with E-state index in [4.69, 9.17) is 25.2 Å². The van der Waals surface area contributed by atoms with Crippen molar-refractivity contribution in [1.29, 1.82) is 0 Å². The van der Waals surface area contributed by atoms with E-state index in [0.717, 1.165) is 5.39 Å². The zero-order valence-corrected chi connectivity index (χ0v) is 19.5. The summed E-state index contributed by atoms with van der Waals surface area (Å²) in [6.07, 6.45) is 2.98. The molecule has 0 bridgehead atoms. The summed E-state index contributed by atoms with van der Waals surface area (Å²) >= 11 is 6.59. The zero-order chi connectivity index (χ0) is 24.6. The first-order valence-corrected chi connectivity index (χ1v) is 11.4. The highest BCUT2D eigenvalue weighted by Crippen LogP contribution is 2.39. The molecular weight excluding hydrogens is 485 g/mol. The quantitative estimate of drug-likeness (QED) is 0.260. The van der Waals surface area contributed by atoms with E-state index in [9.17, 15) is 4.79 Å². The van der Waals surface area contributed by atoms with Gasteiger partial charge in [-0.1, -0.05) is 11.6 Å². The Balaban J connectivity index is 1.59. The van der Waals surface area contributed by atoms with E-state index in [-0.39, 0.29) is 22.9 Å². The van der Waals surface area contributed by atoms with E-state index in [1.54, 1.807) is 36.1 Å². The highest BCUT2D eigenvalue weighted by molar-refractivity contribution is 6.30. The Morgan fingerprint density at radius 3 is 2.86 bits per heavy atom. The van der Waals surface area contributed by atoms with Gasteiger partial charge in [-0.05, 0) is 42.5 Å². The lowest BCUT2D eigenvalue weighted by molar-refractivity contribution is 0.415. The third-order valence-corrected chi connectivity index (χ3v) is 6.85. The number of furan rings is 1. The van der Waals surface area contributed by atoms with Crippen molar-refractivity contribution in [3.05, 3.63) is 87.9 Å². The van der Waals surface area contributed by atoms with Crippen LogP contribution in [0, 0.1) is 5.82 Å². The van der Waals surface area contributed by atoms with E-state index in [0.29, 0.717) is 49.5 Å². The minimum atomic E-state index is -0.595. The van der Waals surface area contributed by atoms with Gasteiger partial charge in [0, 0.05) is 34.0 Å². The Kier molecular flexibility index (Phi) is 4.37. The number of halogens is 2. The molecule has 176 valence electrons. The Labute approximate surface area is 206 Å². The molecule has 5 aromatic heterocycles. The van der Waals surface area contributed by atoms with Crippen LogP contribution in [0.5, 0.6) is 5.75 Å². The number of hydrogen-bond acceptors (Lipinski definition) is 6. The molecule has 0 aliphatic rings. The molecule has 0 saturated carbocycles. The number of fused-ring (bicyclic) bond motifs is 8. The van der Waals surface area contributed by atoms with E-state index in [1.165, 1.54) is 12.3 Å². The van der Waals surface area contributed by atoms with Crippen LogP contribution >= 0.6 is 11.6 Å². The van der Waals surface area contributed by atoms with Gasteiger partial charge >= 0.3 is 5.63 Å². The molecule has 7 nitrogen and oxygen atoms in total. The fourth-order valence-electron chi connectivity index (χ4n) is 4.92. The molecule has 7 rings (SSSR count). The minimum absolute atomic E-state index is 0.149. The molecule has 0 aliphatic heterocycles. The summed E-state index contributed by atoms with van der Waals surface area (Å²) in [6.45, 7) is 0.149. The molecule has 0 saturated heterocycles. The normalized spacial score (nSPS) is 12.0. The number of methoxy groups -OCH3 is 1. The van der Waals surface area contributed by atoms with Crippen LogP contribution in [-0.4, -0.2) is 21.6 Å². The Morgan fingerprint density at radius 2 is 2.00 bits per heavy atom. The highest BCUT2D eigenvalue weighted by Gasteiger charge is 2.24. The van der Waals surface area contributed by atoms with Gasteiger partial charge in [0.15, 0.2) is 0 Å². The zero-order valence-electron chi connectivity index (χ0n) is 18.7. The monoisotopic (exact) mass is 499 g/mol. The molecule has 0 unspecified atom stereocenters. The van der Waals surface area contributed by atoms with Crippen LogP contribution in [-0.2, 0) is 6.54 Å². The Morgan fingerprint density at radius 1 is 1.11 bits per heavy atom. The number of rotatable bonds is 3. The molecule has 0 amide bonds. The first-order chi connectivity index (χ1) is 17.5. The minimum Gasteiger partial charge on any atom is -0.497 e. The topological polar surface area (TPSA) is 83.3 Å². The lowest BCUT2D eigenvalue weighted by Crippen LogP contribution is -2.09. The molecule has 0 spiro atoms. The standard InChI is InChI=1S/C27H15ClFN3O4/c1-34-15-5-4-13-9-14(25(28)31-19(13)10-15)12-32-20-11-18(29)16-6-8-35-24(16)22(20)21-17-3-2-7-30-26(17)36-27(33)23(21)32/h2-11H,12H2,1H3. The number of ether oxygens (including phenoxy) is 1. The van der Waals surface area contributed by atoms with E-state index in [2.05, 4.69) is 9.97 Å². The average molecular weight is 500 g/mol. The summed E-state index contributed by atoms with van der Waals surface area (Å²) in [7, 11) is 1.58. The van der Waals surface area contributed by atoms with Crippen LogP contribution in [0.4, 0.5) is 4.39 Å². The molecule has 0 atom stereocenters. The van der Waals surface area contributed by atoms with Gasteiger partial charge in [-0.15, -0.1) is 0 Å². The fraction of sp³-hybridized carbons (Fsp3) is 0.0741. The van der Waals surface area contributed by atoms with Gasteiger partial charge in [0.05, 0.1) is 41.7 Å². The maximum Gasteiger partial charge on any atom is 0.362 e. The smallest absolute Gasteiger partial charge is 0.362 e. The van der Waals surface area contributed by atoms with Gasteiger partial charge in [0.1, 0.15) is 27.8 Å². The SMILES string of the molecule is COc1ccc2cc(Cn3c4cc(F)c5ccoc5c4c4c5cccnc5oc(=O)c43)c(Cl)nc2c1. The summed E-state index contributed by atoms with van der Waals surface area (Å²) in [6, 6.07) is 13.9. The second-order valence-corrected chi connectivity index (χ2v) is 8.83. The molecule has 7 aromatic rings. The molecule has 0 radical (unpaired) electrons. The number of nitrogens with zero attached hydrogens (tertiary/aromatic N) is 3. The second-order valence-electron chi connectivity index (χ2n) is 8.47. The third-order valence-electron chi connectivity index (χ3n) is 6.52. The van der Waals surface area contributed by atoms with Crippen LogP contribution in [0.1, 0.15) is 5.56 Å². The van der Waals surface area contributed by atoms with Crippen molar-refractivity contribution >= 4 is 66.4 Å². The predicted octanol–water partition coefficient (Wildman–Crippen LogP) is 6.44. The van der Waals surface area contributed by atoms with Crippen molar-refractivity contribution in [1.82, 2.24) is 14.5 Å². The van der Waals surface area contributed by atoms with Crippen molar-refractivity contribution in [2.24, 2.45) is 0 Å². The van der Waals surface area contributed by atoms with Gasteiger partial charge in [0.25, 0.3) is 0 Å². The molecule has 5 heterocycles. The molecule has 36 heavy (non-hydrogen) atoms. The lowest BCUT2D eigenvalue weighted by atomic mass is 10.1. The fourth-order valence-corrected chi connectivity index (χ4v) is 5.12. The summed E-state index contributed by atoms with van der Waals surface area (Å²) in [5, 5.41) is 3.24. The van der Waals surface area contributed by atoms with Crippen LogP contribution in [0.15, 0.2) is 74.6 Å². The second kappa shape index (κ2) is 7.53. The predicted molar refractivity (Wildman–Crippen MR) is 135 cm³/mol. The van der Waals surface area contributed by atoms with Crippen LogP contribution in [0.3, 0.4) is 0 Å². The van der Waals surface area contributed by atoms with Gasteiger partial charge in [-0.25, -0.2) is 19.2 Å². The van der Waals surface area contributed by atoms with Crippen molar-refractivity contribution in [2.45, 2.75) is 6.54 Å². The van der Waals surface area contributed by atoms with Gasteiger partial charge in [-0.2, -0.15) is 0 Å². The third kappa shape index (κ3) is 2.88. The summed E-state index contributed by atoms with van der Waals surface area (Å²) in [5.74, 6) is 0.203. The van der Waals surface area contributed by atoms with Crippen LogP contribution in [0.25, 0.3) is 54.8 Å². The Bertz CT molecular complexity index is 2080. The summed E-state index contributed by atoms with van der Waals surface area (Å²) < 4.78 is 33.4. The molecule has 0 aliphatic carbocycles. The number of benzene rings is 2. The maximum atomic E-state index is 15.1. The molecule has 0 fully saturated rings. The molecular formula is C27H15ClFN3O4. The van der Waals surface area contributed by atoms with Crippen molar-refractivity contribution in [3.8, 4) is 5.75 Å². The summed E-state index contributed by atoms with van der Waals surface area (Å²) in [4.78, 5) is 22.0. The van der Waals surface area contributed by atoms with E-state index < -0.39 is 11.4 Å². The highest BCUT2D eigenvalue weighted by atomic mass is 35.5. The molecule has 2 aromatic carbocycles. The largest absolute Gasteiger partial charge is 0.497 e. The molecule has 0 N–H and O–H groups in total. The van der Waals surface area contributed by atoms with Gasteiger partial charge < -0.3 is 18.1 Å². The lowest BCUT2D eigenvalue weighted by Gasteiger charge is -2.11. The molecule has 9 heteroatoms. The van der Waals surface area contributed by atoms with E-state index >= 15 is 4.39 Å². The van der Waals surface area contributed by atoms with Gasteiger partial charge in [-0.3, -0.25) is 0 Å². The average Bonchev–Trinajstić information content (AvgIpc) is 3.49.